The fraction of sp³-hybridized carbons (Fsp3) is 0.312. The summed E-state index contributed by atoms with van der Waals surface area (Å²) in [6.45, 7) is 3.96. The van der Waals surface area contributed by atoms with Crippen molar-refractivity contribution in [2.75, 3.05) is 18.5 Å². The predicted octanol–water partition coefficient (Wildman–Crippen LogP) is 2.44. The van der Waals surface area contributed by atoms with Crippen molar-refractivity contribution >= 4 is 25.9 Å². The third-order valence-corrected chi connectivity index (χ3v) is 7.18. The minimum absolute atomic E-state index is 0.000941. The number of pyridine rings is 1. The Balaban J connectivity index is 2.11. The summed E-state index contributed by atoms with van der Waals surface area (Å²) in [6, 6.07) is 5.46. The Morgan fingerprint density at radius 1 is 0.931 bits per heavy atom. The molecule has 0 saturated carbocycles. The highest BCUT2D eigenvalue weighted by atomic mass is 32.2. The Hall–Kier alpha value is -2.22. The molecule has 0 aliphatic heterocycles. The summed E-state index contributed by atoms with van der Waals surface area (Å²) in [6.07, 6.45) is -3.51. The second-order valence-corrected chi connectivity index (χ2v) is 9.34. The Morgan fingerprint density at radius 2 is 1.48 bits per heavy atom. The molecule has 2 aromatic rings. The maximum atomic E-state index is 12.6. The monoisotopic (exact) mass is 452 g/mol. The van der Waals surface area contributed by atoms with Crippen LogP contribution in [0.5, 0.6) is 0 Å². The first kappa shape index (κ1) is 23.1. The van der Waals surface area contributed by atoms with E-state index in [1.165, 1.54) is 16.4 Å². The third-order valence-electron chi connectivity index (χ3n) is 3.88. The molecule has 8 nitrogen and oxygen atoms in total. The van der Waals surface area contributed by atoms with E-state index in [0.717, 1.165) is 18.3 Å². The number of nitrogens with one attached hydrogen (secondary N) is 2. The minimum Gasteiger partial charge on any atom is -0.292 e. The molecule has 2 N–H and O–H groups in total. The highest BCUT2D eigenvalue weighted by Gasteiger charge is 2.30. The second kappa shape index (κ2) is 8.65. The number of sulfonamides is 2. The van der Waals surface area contributed by atoms with Crippen molar-refractivity contribution in [1.29, 1.82) is 0 Å². The molecule has 0 aliphatic rings. The maximum Gasteiger partial charge on any atom is 0.416 e. The average Bonchev–Trinajstić information content (AvgIpc) is 2.67. The molecule has 0 unspecified atom stereocenters. The Kier molecular flexibility index (Phi) is 6.88. The fourth-order valence-electron chi connectivity index (χ4n) is 2.32. The number of hydrogen-bond donors (Lipinski definition) is 2. The van der Waals surface area contributed by atoms with Crippen LogP contribution in [0.25, 0.3) is 0 Å². The minimum atomic E-state index is -4.58. The molecule has 29 heavy (non-hydrogen) atoms. The number of hydrogen-bond acceptors (Lipinski definition) is 6. The highest BCUT2D eigenvalue weighted by Crippen LogP contribution is 2.29. The molecular formula is C16H19F3N4O4S2. The lowest BCUT2D eigenvalue weighted by Gasteiger charge is -2.18. The van der Waals surface area contributed by atoms with E-state index >= 15 is 0 Å². The van der Waals surface area contributed by atoms with E-state index in [-0.39, 0.29) is 23.8 Å². The zero-order valence-electron chi connectivity index (χ0n) is 15.4. The van der Waals surface area contributed by atoms with Gasteiger partial charge in [0, 0.05) is 19.3 Å². The molecule has 0 bridgehead atoms. The molecular weight excluding hydrogens is 433 g/mol. The first-order valence-electron chi connectivity index (χ1n) is 8.33. The van der Waals surface area contributed by atoms with Gasteiger partial charge < -0.3 is 0 Å². The van der Waals surface area contributed by atoms with Crippen LogP contribution < -0.4 is 10.3 Å². The zero-order valence-corrected chi connectivity index (χ0v) is 17.1. The molecule has 160 valence electrons. The number of alkyl halides is 3. The van der Waals surface area contributed by atoms with E-state index in [9.17, 15) is 30.0 Å². The van der Waals surface area contributed by atoms with Gasteiger partial charge in [-0.2, -0.15) is 17.5 Å². The second-order valence-electron chi connectivity index (χ2n) is 5.72. The molecule has 0 radical (unpaired) electrons. The number of halogens is 3. The highest BCUT2D eigenvalue weighted by molar-refractivity contribution is 7.89. The van der Waals surface area contributed by atoms with Gasteiger partial charge in [-0.3, -0.25) is 5.43 Å². The summed E-state index contributed by atoms with van der Waals surface area (Å²) in [5, 5.41) is 0. The van der Waals surface area contributed by atoms with Crippen molar-refractivity contribution in [1.82, 2.24) is 14.1 Å². The van der Waals surface area contributed by atoms with E-state index in [2.05, 4.69) is 10.4 Å². The van der Waals surface area contributed by atoms with Crippen LogP contribution in [0, 0.1) is 0 Å². The van der Waals surface area contributed by atoms with Gasteiger partial charge in [-0.1, -0.05) is 13.8 Å². The van der Waals surface area contributed by atoms with Gasteiger partial charge in [-0.25, -0.2) is 21.8 Å². The van der Waals surface area contributed by atoms with Crippen LogP contribution >= 0.6 is 0 Å². The Bertz CT molecular complexity index is 1040. The van der Waals surface area contributed by atoms with E-state index in [1.807, 2.05) is 4.83 Å². The SMILES string of the molecule is CCN(CC)S(=O)(=O)c1ccc(NNS(=O)(=O)c2ccc(C(F)(F)F)cc2)nc1. The Morgan fingerprint density at radius 3 is 1.93 bits per heavy atom. The molecule has 1 heterocycles. The quantitative estimate of drug-likeness (QED) is 0.596. The van der Waals surface area contributed by atoms with Gasteiger partial charge in [0.25, 0.3) is 10.0 Å². The van der Waals surface area contributed by atoms with Gasteiger partial charge in [0.2, 0.25) is 10.0 Å². The van der Waals surface area contributed by atoms with Gasteiger partial charge in [0.1, 0.15) is 10.7 Å². The van der Waals surface area contributed by atoms with Gasteiger partial charge in [-0.15, -0.1) is 4.83 Å². The molecule has 2 rings (SSSR count). The third kappa shape index (κ3) is 5.44. The average molecular weight is 452 g/mol. The molecule has 0 aliphatic carbocycles. The lowest BCUT2D eigenvalue weighted by Crippen LogP contribution is -2.31. The van der Waals surface area contributed by atoms with Crippen molar-refractivity contribution in [3.8, 4) is 0 Å². The predicted molar refractivity (Wildman–Crippen MR) is 99.7 cm³/mol. The van der Waals surface area contributed by atoms with Gasteiger partial charge >= 0.3 is 6.18 Å². The zero-order chi connectivity index (χ0) is 21.9. The maximum absolute atomic E-state index is 12.6. The summed E-state index contributed by atoms with van der Waals surface area (Å²) < 4.78 is 88.0. The summed E-state index contributed by atoms with van der Waals surface area (Å²) >= 11 is 0. The number of aromatic nitrogens is 1. The first-order chi connectivity index (χ1) is 13.4. The van der Waals surface area contributed by atoms with Crippen LogP contribution in [0.4, 0.5) is 19.0 Å². The lowest BCUT2D eigenvalue weighted by molar-refractivity contribution is -0.137. The van der Waals surface area contributed by atoms with E-state index in [1.54, 1.807) is 13.8 Å². The molecule has 1 aromatic heterocycles. The largest absolute Gasteiger partial charge is 0.416 e. The smallest absolute Gasteiger partial charge is 0.292 e. The summed E-state index contributed by atoms with van der Waals surface area (Å²) in [5.41, 5.74) is 1.31. The van der Waals surface area contributed by atoms with Crippen LogP contribution in [0.15, 0.2) is 52.4 Å². The molecule has 1 aromatic carbocycles. The van der Waals surface area contributed by atoms with Crippen molar-refractivity contribution in [2.24, 2.45) is 0 Å². The normalized spacial score (nSPS) is 12.9. The molecule has 0 atom stereocenters. The standard InChI is InChI=1S/C16H19F3N4O4S2/c1-3-23(4-2)29(26,27)14-9-10-15(20-11-14)21-22-28(24,25)13-7-5-12(6-8-13)16(17,18)19/h5-11,22H,3-4H2,1-2H3,(H,20,21). The summed E-state index contributed by atoms with van der Waals surface area (Å²) in [5.74, 6) is -0.000941. The van der Waals surface area contributed by atoms with E-state index < -0.39 is 36.7 Å². The van der Waals surface area contributed by atoms with E-state index in [0.29, 0.717) is 12.1 Å². The van der Waals surface area contributed by atoms with Crippen molar-refractivity contribution < 1.29 is 30.0 Å². The molecule has 0 amide bonds. The Labute approximate surface area is 166 Å². The van der Waals surface area contributed by atoms with Crippen LogP contribution in [0.2, 0.25) is 0 Å². The first-order valence-corrected chi connectivity index (χ1v) is 11.3. The number of benzene rings is 1. The number of rotatable bonds is 8. The molecule has 0 spiro atoms. The number of anilines is 1. The molecule has 0 fully saturated rings. The summed E-state index contributed by atoms with van der Waals surface area (Å²) in [7, 11) is -7.88. The van der Waals surface area contributed by atoms with Crippen molar-refractivity contribution in [3.63, 3.8) is 0 Å². The number of hydrazine groups is 1. The topological polar surface area (TPSA) is 108 Å². The summed E-state index contributed by atoms with van der Waals surface area (Å²) in [4.78, 5) is 5.37. The van der Waals surface area contributed by atoms with Gasteiger partial charge in [0.15, 0.2) is 0 Å². The van der Waals surface area contributed by atoms with Gasteiger partial charge in [-0.05, 0) is 36.4 Å². The van der Waals surface area contributed by atoms with Crippen molar-refractivity contribution in [3.05, 3.63) is 48.2 Å². The van der Waals surface area contributed by atoms with Crippen LogP contribution in [-0.2, 0) is 26.2 Å². The van der Waals surface area contributed by atoms with Crippen LogP contribution in [0.3, 0.4) is 0 Å². The number of nitrogens with zero attached hydrogens (tertiary/aromatic N) is 2. The van der Waals surface area contributed by atoms with Gasteiger partial charge in [0.05, 0.1) is 10.5 Å². The fourth-order valence-corrected chi connectivity index (χ4v) is 4.58. The molecule has 0 saturated heterocycles. The van der Waals surface area contributed by atoms with Crippen molar-refractivity contribution in [2.45, 2.75) is 29.8 Å². The van der Waals surface area contributed by atoms with Crippen LogP contribution in [-0.4, -0.2) is 39.2 Å². The lowest BCUT2D eigenvalue weighted by atomic mass is 10.2. The molecule has 13 heteroatoms. The van der Waals surface area contributed by atoms with E-state index in [4.69, 9.17) is 0 Å². The van der Waals surface area contributed by atoms with Crippen LogP contribution in [0.1, 0.15) is 19.4 Å².